The van der Waals surface area contributed by atoms with Gasteiger partial charge in [0.2, 0.25) is 16.0 Å². The van der Waals surface area contributed by atoms with Gasteiger partial charge in [-0.1, -0.05) is 0 Å². The SMILES string of the molecule is Cc1cc(N2CCCCC2)nc(N2CCN(S(=O)(=O)c3ccc4c(c3)CCO4)CC2)n1. The standard InChI is InChI=1S/C22H29N5O3S/c1-17-15-21(25-8-3-2-4-9-25)24-22(23-17)26-10-12-27(13-11-26)31(28,29)19-5-6-20-18(16-19)7-14-30-20/h5-6,15-16H,2-4,7-14H2,1H3. The topological polar surface area (TPSA) is 78.9 Å². The molecule has 3 aliphatic heterocycles. The van der Waals surface area contributed by atoms with Crippen LogP contribution in [0.15, 0.2) is 29.2 Å². The summed E-state index contributed by atoms with van der Waals surface area (Å²) in [6.07, 6.45) is 4.44. The van der Waals surface area contributed by atoms with Crippen LogP contribution in [0.2, 0.25) is 0 Å². The number of hydrogen-bond acceptors (Lipinski definition) is 7. The van der Waals surface area contributed by atoms with Gasteiger partial charge < -0.3 is 14.5 Å². The maximum Gasteiger partial charge on any atom is 0.243 e. The molecule has 3 aliphatic rings. The predicted molar refractivity (Wildman–Crippen MR) is 119 cm³/mol. The van der Waals surface area contributed by atoms with Gasteiger partial charge in [0, 0.05) is 57.4 Å². The highest BCUT2D eigenvalue weighted by molar-refractivity contribution is 7.89. The Bertz CT molecular complexity index is 1060. The molecule has 0 N–H and O–H groups in total. The molecule has 9 heteroatoms. The monoisotopic (exact) mass is 443 g/mol. The summed E-state index contributed by atoms with van der Waals surface area (Å²) < 4.78 is 33.4. The molecule has 5 rings (SSSR count). The minimum atomic E-state index is -3.52. The highest BCUT2D eigenvalue weighted by Gasteiger charge is 2.30. The van der Waals surface area contributed by atoms with Crippen molar-refractivity contribution < 1.29 is 13.2 Å². The molecule has 0 unspecified atom stereocenters. The first-order chi connectivity index (χ1) is 15.0. The lowest BCUT2D eigenvalue weighted by Crippen LogP contribution is -2.49. The normalized spacial score (nSPS) is 19.9. The smallest absolute Gasteiger partial charge is 0.243 e. The fraction of sp³-hybridized carbons (Fsp3) is 0.545. The Balaban J connectivity index is 1.29. The minimum absolute atomic E-state index is 0.351. The summed E-state index contributed by atoms with van der Waals surface area (Å²) in [6, 6.07) is 7.24. The number of rotatable bonds is 4. The molecule has 8 nitrogen and oxygen atoms in total. The largest absolute Gasteiger partial charge is 0.493 e. The van der Waals surface area contributed by atoms with Crippen LogP contribution in [-0.4, -0.2) is 68.6 Å². The van der Waals surface area contributed by atoms with Gasteiger partial charge in [0.25, 0.3) is 0 Å². The number of nitrogens with zero attached hydrogens (tertiary/aromatic N) is 5. The Morgan fingerprint density at radius 3 is 2.45 bits per heavy atom. The number of piperazine rings is 1. The molecule has 0 amide bonds. The molecule has 0 saturated carbocycles. The summed E-state index contributed by atoms with van der Waals surface area (Å²) in [5.74, 6) is 2.48. The number of sulfonamides is 1. The van der Waals surface area contributed by atoms with Crippen LogP contribution in [0.4, 0.5) is 11.8 Å². The van der Waals surface area contributed by atoms with Crippen LogP contribution in [0.25, 0.3) is 0 Å². The Morgan fingerprint density at radius 2 is 1.68 bits per heavy atom. The van der Waals surface area contributed by atoms with Crippen molar-refractivity contribution in [1.82, 2.24) is 14.3 Å². The van der Waals surface area contributed by atoms with Gasteiger partial charge in [-0.2, -0.15) is 9.29 Å². The van der Waals surface area contributed by atoms with Gasteiger partial charge in [-0.05, 0) is 49.9 Å². The molecule has 166 valence electrons. The summed E-state index contributed by atoms with van der Waals surface area (Å²) in [5.41, 5.74) is 1.92. The van der Waals surface area contributed by atoms with Crippen LogP contribution in [0.1, 0.15) is 30.5 Å². The summed E-state index contributed by atoms with van der Waals surface area (Å²) in [5, 5.41) is 0. The third kappa shape index (κ3) is 4.08. The molecule has 0 spiro atoms. The fourth-order valence-corrected chi connectivity index (χ4v) is 6.04. The lowest BCUT2D eigenvalue weighted by Gasteiger charge is -2.35. The van der Waals surface area contributed by atoms with Crippen molar-refractivity contribution in [1.29, 1.82) is 0 Å². The molecule has 2 aromatic rings. The van der Waals surface area contributed by atoms with E-state index in [0.29, 0.717) is 43.6 Å². The lowest BCUT2D eigenvalue weighted by molar-refractivity contribution is 0.356. The van der Waals surface area contributed by atoms with Crippen molar-refractivity contribution in [3.05, 3.63) is 35.5 Å². The van der Waals surface area contributed by atoms with Crippen LogP contribution >= 0.6 is 0 Å². The van der Waals surface area contributed by atoms with Crippen LogP contribution in [-0.2, 0) is 16.4 Å². The molecule has 0 radical (unpaired) electrons. The lowest BCUT2D eigenvalue weighted by atomic mass is 10.1. The van der Waals surface area contributed by atoms with Crippen LogP contribution in [0, 0.1) is 6.92 Å². The van der Waals surface area contributed by atoms with Gasteiger partial charge in [-0.15, -0.1) is 0 Å². The number of anilines is 2. The van der Waals surface area contributed by atoms with E-state index in [2.05, 4.69) is 14.8 Å². The van der Waals surface area contributed by atoms with Crippen molar-refractivity contribution in [2.75, 3.05) is 55.7 Å². The Labute approximate surface area is 183 Å². The second-order valence-electron chi connectivity index (χ2n) is 8.47. The van der Waals surface area contributed by atoms with E-state index in [4.69, 9.17) is 9.72 Å². The second kappa shape index (κ2) is 8.27. The Morgan fingerprint density at radius 1 is 0.903 bits per heavy atom. The molecular weight excluding hydrogens is 414 g/mol. The van der Waals surface area contributed by atoms with Crippen molar-refractivity contribution in [3.8, 4) is 5.75 Å². The van der Waals surface area contributed by atoms with Gasteiger partial charge in [0.05, 0.1) is 11.5 Å². The number of ether oxygens (including phenoxy) is 1. The number of fused-ring (bicyclic) bond motifs is 1. The molecule has 31 heavy (non-hydrogen) atoms. The second-order valence-corrected chi connectivity index (χ2v) is 10.4. The van der Waals surface area contributed by atoms with E-state index in [1.807, 2.05) is 13.0 Å². The molecule has 2 fully saturated rings. The first kappa shape index (κ1) is 20.5. The molecule has 1 aromatic carbocycles. The number of benzene rings is 1. The number of aryl methyl sites for hydroxylation is 1. The summed E-state index contributed by atoms with van der Waals surface area (Å²) in [6.45, 7) is 6.69. The minimum Gasteiger partial charge on any atom is -0.493 e. The third-order valence-corrected chi connectivity index (χ3v) is 8.22. The van der Waals surface area contributed by atoms with Crippen molar-refractivity contribution in [3.63, 3.8) is 0 Å². The van der Waals surface area contributed by atoms with Crippen LogP contribution in [0.3, 0.4) is 0 Å². The summed E-state index contributed by atoms with van der Waals surface area (Å²) in [4.78, 5) is 14.3. The van der Waals surface area contributed by atoms with E-state index in [-0.39, 0.29) is 0 Å². The molecule has 1 aromatic heterocycles. The molecule has 0 aliphatic carbocycles. The number of piperidine rings is 1. The Hall–Kier alpha value is -2.39. The van der Waals surface area contributed by atoms with Gasteiger partial charge in [-0.3, -0.25) is 0 Å². The summed E-state index contributed by atoms with van der Waals surface area (Å²) in [7, 11) is -3.52. The van der Waals surface area contributed by atoms with Crippen molar-refractivity contribution in [2.24, 2.45) is 0 Å². The highest BCUT2D eigenvalue weighted by Crippen LogP contribution is 2.29. The first-order valence-electron chi connectivity index (χ1n) is 11.1. The van der Waals surface area contributed by atoms with E-state index in [0.717, 1.165) is 42.3 Å². The first-order valence-corrected chi connectivity index (χ1v) is 12.6. The van der Waals surface area contributed by atoms with Gasteiger partial charge in [0.15, 0.2) is 0 Å². The quantitative estimate of drug-likeness (QED) is 0.717. The zero-order valence-electron chi connectivity index (χ0n) is 18.0. The zero-order chi connectivity index (χ0) is 21.4. The summed E-state index contributed by atoms with van der Waals surface area (Å²) >= 11 is 0. The third-order valence-electron chi connectivity index (χ3n) is 6.33. The number of aromatic nitrogens is 2. The molecule has 0 bridgehead atoms. The molecule has 0 atom stereocenters. The van der Waals surface area contributed by atoms with E-state index >= 15 is 0 Å². The van der Waals surface area contributed by atoms with Gasteiger partial charge in [-0.25, -0.2) is 13.4 Å². The molecule has 4 heterocycles. The van der Waals surface area contributed by atoms with Crippen molar-refractivity contribution >= 4 is 21.8 Å². The predicted octanol–water partition coefficient (Wildman–Crippen LogP) is 2.22. The molecular formula is C22H29N5O3S. The van der Waals surface area contributed by atoms with Crippen molar-refractivity contribution in [2.45, 2.75) is 37.5 Å². The molecule has 2 saturated heterocycles. The maximum atomic E-state index is 13.2. The van der Waals surface area contributed by atoms with Crippen LogP contribution in [0.5, 0.6) is 5.75 Å². The average Bonchev–Trinajstić information content (AvgIpc) is 3.27. The van der Waals surface area contributed by atoms with Gasteiger partial charge in [0.1, 0.15) is 11.6 Å². The Kier molecular flexibility index (Phi) is 5.47. The van der Waals surface area contributed by atoms with Gasteiger partial charge >= 0.3 is 0 Å². The number of hydrogen-bond donors (Lipinski definition) is 0. The van der Waals surface area contributed by atoms with E-state index in [1.54, 1.807) is 22.5 Å². The fourth-order valence-electron chi connectivity index (χ4n) is 4.56. The zero-order valence-corrected chi connectivity index (χ0v) is 18.8. The average molecular weight is 444 g/mol. The van der Waals surface area contributed by atoms with E-state index < -0.39 is 10.0 Å². The van der Waals surface area contributed by atoms with Crippen LogP contribution < -0.4 is 14.5 Å². The van der Waals surface area contributed by atoms with E-state index in [1.165, 1.54) is 19.3 Å². The maximum absolute atomic E-state index is 13.2. The highest BCUT2D eigenvalue weighted by atomic mass is 32.2. The van der Waals surface area contributed by atoms with E-state index in [9.17, 15) is 8.42 Å².